The van der Waals surface area contributed by atoms with Gasteiger partial charge in [0.05, 0.1) is 10.7 Å². The first-order valence-electron chi connectivity index (χ1n) is 6.69. The highest BCUT2D eigenvalue weighted by Crippen LogP contribution is 2.29. The normalized spacial score (nSPS) is 10.8. The molecule has 1 N–H and O–H groups in total. The Bertz CT molecular complexity index is 778. The maximum absolute atomic E-state index is 6.25. The summed E-state index contributed by atoms with van der Waals surface area (Å²) in [5.74, 6) is 0.885. The molecule has 0 spiro atoms. The van der Waals surface area contributed by atoms with Gasteiger partial charge in [0.15, 0.2) is 0 Å². The third kappa shape index (κ3) is 2.97. The summed E-state index contributed by atoms with van der Waals surface area (Å²) in [5.41, 5.74) is 3.89. The summed E-state index contributed by atoms with van der Waals surface area (Å²) < 4.78 is 0. The van der Waals surface area contributed by atoms with Gasteiger partial charge in [-0.2, -0.15) is 0 Å². The molecule has 0 aliphatic heterocycles. The number of imidazole rings is 1. The van der Waals surface area contributed by atoms with E-state index < -0.39 is 0 Å². The summed E-state index contributed by atoms with van der Waals surface area (Å²) in [7, 11) is 0. The van der Waals surface area contributed by atoms with Gasteiger partial charge < -0.3 is 4.98 Å². The molecule has 0 bridgehead atoms. The van der Waals surface area contributed by atoms with E-state index in [1.165, 1.54) is 0 Å². The van der Waals surface area contributed by atoms with Crippen molar-refractivity contribution in [2.45, 2.75) is 13.3 Å². The Hall–Kier alpha value is -1.77. The van der Waals surface area contributed by atoms with Crippen molar-refractivity contribution in [2.24, 2.45) is 0 Å². The maximum atomic E-state index is 6.25. The summed E-state index contributed by atoms with van der Waals surface area (Å²) in [5, 5.41) is 1.46. The van der Waals surface area contributed by atoms with Gasteiger partial charge in [-0.05, 0) is 24.6 Å². The van der Waals surface area contributed by atoms with E-state index in [0.717, 1.165) is 33.4 Å². The van der Waals surface area contributed by atoms with Crippen molar-refractivity contribution in [1.29, 1.82) is 0 Å². The molecule has 4 heteroatoms. The number of rotatable bonds is 3. The predicted molar refractivity (Wildman–Crippen MR) is 88.0 cm³/mol. The average Bonchev–Trinajstić information content (AvgIpc) is 2.83. The molecular weight excluding hydrogens is 303 g/mol. The van der Waals surface area contributed by atoms with Gasteiger partial charge in [0, 0.05) is 22.7 Å². The van der Waals surface area contributed by atoms with E-state index in [1.54, 1.807) is 0 Å². The molecule has 2 nitrogen and oxygen atoms in total. The standard InChI is InChI=1S/C17H14Cl2N2/c1-11-17(13-7-3-5-9-15(13)19)21-16(20-11)10-12-6-2-4-8-14(12)18/h2-9H,10H2,1H3,(H,20,21). The lowest BCUT2D eigenvalue weighted by Gasteiger charge is -2.01. The van der Waals surface area contributed by atoms with Crippen molar-refractivity contribution in [2.75, 3.05) is 0 Å². The molecule has 0 fully saturated rings. The van der Waals surface area contributed by atoms with Gasteiger partial charge in [0.2, 0.25) is 0 Å². The van der Waals surface area contributed by atoms with Crippen molar-refractivity contribution < 1.29 is 0 Å². The summed E-state index contributed by atoms with van der Waals surface area (Å²) in [4.78, 5) is 8.00. The van der Waals surface area contributed by atoms with Gasteiger partial charge in [0.25, 0.3) is 0 Å². The number of aryl methyl sites for hydroxylation is 1. The monoisotopic (exact) mass is 316 g/mol. The molecule has 0 radical (unpaired) electrons. The van der Waals surface area contributed by atoms with E-state index in [9.17, 15) is 0 Å². The van der Waals surface area contributed by atoms with Crippen molar-refractivity contribution in [3.05, 3.63) is 75.7 Å². The Morgan fingerprint density at radius 2 is 1.62 bits per heavy atom. The molecule has 0 aliphatic rings. The number of hydrogen-bond acceptors (Lipinski definition) is 1. The largest absolute Gasteiger partial charge is 0.345 e. The topological polar surface area (TPSA) is 28.7 Å². The fourth-order valence-electron chi connectivity index (χ4n) is 2.34. The van der Waals surface area contributed by atoms with Crippen LogP contribution in [0, 0.1) is 6.92 Å². The molecule has 0 unspecified atom stereocenters. The second-order valence-electron chi connectivity index (χ2n) is 4.91. The minimum atomic E-state index is 0.672. The number of halogens is 2. The van der Waals surface area contributed by atoms with E-state index in [0.29, 0.717) is 11.4 Å². The molecule has 1 heterocycles. The molecule has 2 aromatic carbocycles. The van der Waals surface area contributed by atoms with Crippen LogP contribution < -0.4 is 0 Å². The van der Waals surface area contributed by atoms with E-state index >= 15 is 0 Å². The molecule has 0 aliphatic carbocycles. The lowest BCUT2D eigenvalue weighted by atomic mass is 10.1. The van der Waals surface area contributed by atoms with Crippen LogP contribution >= 0.6 is 23.2 Å². The maximum Gasteiger partial charge on any atom is 0.111 e. The lowest BCUT2D eigenvalue weighted by Crippen LogP contribution is -1.91. The van der Waals surface area contributed by atoms with Crippen molar-refractivity contribution in [3.63, 3.8) is 0 Å². The summed E-state index contributed by atoms with van der Waals surface area (Å²) >= 11 is 12.5. The fraction of sp³-hybridized carbons (Fsp3) is 0.118. The van der Waals surface area contributed by atoms with Crippen molar-refractivity contribution in [1.82, 2.24) is 9.97 Å². The molecular formula is C17H14Cl2N2. The molecule has 0 atom stereocenters. The highest BCUT2D eigenvalue weighted by molar-refractivity contribution is 6.33. The Morgan fingerprint density at radius 1 is 0.952 bits per heavy atom. The number of nitrogens with zero attached hydrogens (tertiary/aromatic N) is 1. The summed E-state index contributed by atoms with van der Waals surface area (Å²) in [6.45, 7) is 2.00. The molecule has 106 valence electrons. The zero-order chi connectivity index (χ0) is 14.8. The second kappa shape index (κ2) is 5.92. The van der Waals surface area contributed by atoms with Crippen molar-refractivity contribution >= 4 is 23.2 Å². The van der Waals surface area contributed by atoms with Crippen LogP contribution in [0.3, 0.4) is 0 Å². The number of aromatic amines is 1. The third-order valence-electron chi connectivity index (χ3n) is 3.38. The number of hydrogen-bond donors (Lipinski definition) is 1. The van der Waals surface area contributed by atoms with Gasteiger partial charge in [-0.25, -0.2) is 4.98 Å². The highest BCUT2D eigenvalue weighted by Gasteiger charge is 2.12. The quantitative estimate of drug-likeness (QED) is 0.699. The smallest absolute Gasteiger partial charge is 0.111 e. The van der Waals surface area contributed by atoms with Crippen LogP contribution in [0.4, 0.5) is 0 Å². The molecule has 3 aromatic rings. The zero-order valence-corrected chi connectivity index (χ0v) is 13.0. The average molecular weight is 317 g/mol. The molecule has 21 heavy (non-hydrogen) atoms. The van der Waals surface area contributed by atoms with E-state index in [2.05, 4.69) is 9.97 Å². The van der Waals surface area contributed by atoms with Crippen LogP contribution in [0.25, 0.3) is 11.3 Å². The van der Waals surface area contributed by atoms with Crippen LogP contribution in [0.2, 0.25) is 10.0 Å². The highest BCUT2D eigenvalue weighted by atomic mass is 35.5. The Balaban J connectivity index is 1.96. The van der Waals surface area contributed by atoms with Gasteiger partial charge in [0.1, 0.15) is 5.82 Å². The Morgan fingerprint density at radius 3 is 2.33 bits per heavy atom. The SMILES string of the molecule is Cc1[nH]c(Cc2ccccc2Cl)nc1-c1ccccc1Cl. The first-order valence-corrected chi connectivity index (χ1v) is 7.44. The first kappa shape index (κ1) is 14.2. The molecule has 0 saturated carbocycles. The Kier molecular flexibility index (Phi) is 4.00. The molecule has 3 rings (SSSR count). The van der Waals surface area contributed by atoms with Crippen LogP contribution in [0.1, 0.15) is 17.1 Å². The van der Waals surface area contributed by atoms with Crippen LogP contribution in [-0.2, 0) is 6.42 Å². The van der Waals surface area contributed by atoms with Crippen LogP contribution in [0.5, 0.6) is 0 Å². The summed E-state index contributed by atoms with van der Waals surface area (Å²) in [6.07, 6.45) is 0.672. The van der Waals surface area contributed by atoms with Crippen LogP contribution in [-0.4, -0.2) is 9.97 Å². The number of aromatic nitrogens is 2. The fourth-order valence-corrected chi connectivity index (χ4v) is 2.77. The number of nitrogens with one attached hydrogen (secondary N) is 1. The molecule has 0 amide bonds. The lowest BCUT2D eigenvalue weighted by molar-refractivity contribution is 1.02. The Labute approximate surface area is 133 Å². The first-order chi connectivity index (χ1) is 10.1. The van der Waals surface area contributed by atoms with Gasteiger partial charge in [-0.3, -0.25) is 0 Å². The second-order valence-corrected chi connectivity index (χ2v) is 5.72. The van der Waals surface area contributed by atoms with E-state index in [4.69, 9.17) is 23.2 Å². The van der Waals surface area contributed by atoms with Gasteiger partial charge in [-0.1, -0.05) is 59.6 Å². The molecule has 1 aromatic heterocycles. The minimum Gasteiger partial charge on any atom is -0.345 e. The van der Waals surface area contributed by atoms with Crippen molar-refractivity contribution in [3.8, 4) is 11.3 Å². The number of H-pyrrole nitrogens is 1. The van der Waals surface area contributed by atoms with Gasteiger partial charge >= 0.3 is 0 Å². The predicted octanol–water partition coefficient (Wildman–Crippen LogP) is 5.28. The summed E-state index contributed by atoms with van der Waals surface area (Å²) in [6, 6.07) is 15.5. The van der Waals surface area contributed by atoms with Crippen LogP contribution in [0.15, 0.2) is 48.5 Å². The minimum absolute atomic E-state index is 0.672. The third-order valence-corrected chi connectivity index (χ3v) is 4.08. The molecule has 0 saturated heterocycles. The number of benzene rings is 2. The van der Waals surface area contributed by atoms with Gasteiger partial charge in [-0.15, -0.1) is 0 Å². The van der Waals surface area contributed by atoms with E-state index in [1.807, 2.05) is 55.5 Å². The zero-order valence-electron chi connectivity index (χ0n) is 11.5. The van der Waals surface area contributed by atoms with E-state index in [-0.39, 0.29) is 0 Å².